The molecule has 0 fully saturated rings. The van der Waals surface area contributed by atoms with Crippen LogP contribution in [-0.2, 0) is 0 Å². The van der Waals surface area contributed by atoms with E-state index >= 15 is 0 Å². The van der Waals surface area contributed by atoms with E-state index in [4.69, 9.17) is 0 Å². The quantitative estimate of drug-likeness (QED) is 0.637. The van der Waals surface area contributed by atoms with Gasteiger partial charge in [0.1, 0.15) is 0 Å². The summed E-state index contributed by atoms with van der Waals surface area (Å²) in [5.74, 6) is 6.14. The molecule has 0 rings (SSSR count). The Morgan fingerprint density at radius 1 is 1.42 bits per heavy atom. The van der Waals surface area contributed by atoms with E-state index in [1.807, 2.05) is 6.92 Å². The van der Waals surface area contributed by atoms with Crippen LogP contribution in [0.3, 0.4) is 0 Å². The topological polar surface area (TPSA) is 20.2 Å². The van der Waals surface area contributed by atoms with Crippen molar-refractivity contribution in [1.82, 2.24) is 0 Å². The van der Waals surface area contributed by atoms with Crippen LogP contribution in [0.25, 0.3) is 0 Å². The van der Waals surface area contributed by atoms with Gasteiger partial charge in [0.05, 0.1) is 6.10 Å². The van der Waals surface area contributed by atoms with Gasteiger partial charge in [-0.15, -0.1) is 5.92 Å². The van der Waals surface area contributed by atoms with Gasteiger partial charge in [-0.05, 0) is 19.8 Å². The first-order chi connectivity index (χ1) is 5.76. The number of rotatable bonds is 4. The molecule has 0 aliphatic carbocycles. The summed E-state index contributed by atoms with van der Waals surface area (Å²) < 4.78 is 0. The van der Waals surface area contributed by atoms with Crippen molar-refractivity contribution in [3.8, 4) is 11.8 Å². The van der Waals surface area contributed by atoms with Gasteiger partial charge in [0.2, 0.25) is 0 Å². The molecule has 0 saturated heterocycles. The Kier molecular flexibility index (Phi) is 6.90. The standard InChI is InChI=1S/C11H19O/c1-4-7-9-10(8-5-2)11(12)6-3/h10-12H,1,4-6,8H2,2-3H3. The maximum absolute atomic E-state index is 9.55. The second-order valence-electron chi connectivity index (χ2n) is 2.94. The summed E-state index contributed by atoms with van der Waals surface area (Å²) in [4.78, 5) is 0. The van der Waals surface area contributed by atoms with Crippen LogP contribution in [0.1, 0.15) is 39.5 Å². The fraction of sp³-hybridized carbons (Fsp3) is 0.727. The third kappa shape index (κ3) is 4.41. The summed E-state index contributed by atoms with van der Waals surface area (Å²) in [5, 5.41) is 9.55. The van der Waals surface area contributed by atoms with Gasteiger partial charge in [0.15, 0.2) is 0 Å². The predicted octanol–water partition coefficient (Wildman–Crippen LogP) is 2.40. The smallest absolute Gasteiger partial charge is 0.0675 e. The number of hydrogen-bond acceptors (Lipinski definition) is 1. The van der Waals surface area contributed by atoms with Crippen molar-refractivity contribution in [3.05, 3.63) is 6.92 Å². The molecule has 12 heavy (non-hydrogen) atoms. The van der Waals surface area contributed by atoms with Gasteiger partial charge in [-0.3, -0.25) is 0 Å². The monoisotopic (exact) mass is 167 g/mol. The van der Waals surface area contributed by atoms with E-state index in [0.29, 0.717) is 6.42 Å². The first-order valence-corrected chi connectivity index (χ1v) is 4.71. The molecule has 1 N–H and O–H groups in total. The molecule has 0 aliphatic rings. The SMILES string of the molecule is [CH2]CC#CC(CCC)C(O)CC. The molecule has 0 aromatic carbocycles. The second kappa shape index (κ2) is 7.18. The van der Waals surface area contributed by atoms with Crippen LogP contribution in [0, 0.1) is 24.7 Å². The Balaban J connectivity index is 4.02. The van der Waals surface area contributed by atoms with Gasteiger partial charge in [-0.2, -0.15) is 0 Å². The van der Waals surface area contributed by atoms with Crippen LogP contribution in [-0.4, -0.2) is 11.2 Å². The number of aliphatic hydroxyl groups is 1. The molecule has 0 heterocycles. The molecular formula is C11H19O. The Morgan fingerprint density at radius 2 is 2.08 bits per heavy atom. The lowest BCUT2D eigenvalue weighted by Gasteiger charge is -2.14. The van der Waals surface area contributed by atoms with Gasteiger partial charge < -0.3 is 5.11 Å². The van der Waals surface area contributed by atoms with E-state index in [-0.39, 0.29) is 12.0 Å². The summed E-state index contributed by atoms with van der Waals surface area (Å²) in [6.45, 7) is 7.75. The average molecular weight is 167 g/mol. The summed E-state index contributed by atoms with van der Waals surface area (Å²) in [7, 11) is 0. The minimum atomic E-state index is -0.260. The van der Waals surface area contributed by atoms with Gasteiger partial charge >= 0.3 is 0 Å². The van der Waals surface area contributed by atoms with E-state index in [0.717, 1.165) is 19.3 Å². The van der Waals surface area contributed by atoms with Crippen LogP contribution in [0.5, 0.6) is 0 Å². The fourth-order valence-electron chi connectivity index (χ4n) is 1.16. The predicted molar refractivity (Wildman–Crippen MR) is 52.4 cm³/mol. The fourth-order valence-corrected chi connectivity index (χ4v) is 1.16. The molecule has 0 aromatic heterocycles. The molecule has 2 unspecified atom stereocenters. The highest BCUT2D eigenvalue weighted by molar-refractivity contribution is 5.05. The minimum absolute atomic E-state index is 0.154. The summed E-state index contributed by atoms with van der Waals surface area (Å²) >= 11 is 0. The molecule has 1 radical (unpaired) electrons. The largest absolute Gasteiger partial charge is 0.392 e. The van der Waals surface area contributed by atoms with Crippen molar-refractivity contribution in [2.75, 3.05) is 0 Å². The molecule has 69 valence electrons. The minimum Gasteiger partial charge on any atom is -0.392 e. The Morgan fingerprint density at radius 3 is 2.50 bits per heavy atom. The zero-order valence-electron chi connectivity index (χ0n) is 8.14. The van der Waals surface area contributed by atoms with E-state index in [9.17, 15) is 5.11 Å². The van der Waals surface area contributed by atoms with Crippen molar-refractivity contribution in [2.45, 2.75) is 45.6 Å². The van der Waals surface area contributed by atoms with Gasteiger partial charge in [0, 0.05) is 12.3 Å². The zero-order chi connectivity index (χ0) is 9.40. The van der Waals surface area contributed by atoms with Gasteiger partial charge in [0.25, 0.3) is 0 Å². The lowest BCUT2D eigenvalue weighted by atomic mass is 9.96. The first-order valence-electron chi connectivity index (χ1n) is 4.71. The normalized spacial score (nSPS) is 14.7. The second-order valence-corrected chi connectivity index (χ2v) is 2.94. The molecule has 0 amide bonds. The lowest BCUT2D eigenvalue weighted by molar-refractivity contribution is 0.125. The van der Waals surface area contributed by atoms with Crippen LogP contribution < -0.4 is 0 Å². The molecule has 1 nitrogen and oxygen atoms in total. The maximum Gasteiger partial charge on any atom is 0.0675 e. The van der Waals surface area contributed by atoms with E-state index in [1.54, 1.807) is 0 Å². The average Bonchev–Trinajstić information content (AvgIpc) is 2.11. The highest BCUT2D eigenvalue weighted by Gasteiger charge is 2.12. The van der Waals surface area contributed by atoms with Crippen molar-refractivity contribution >= 4 is 0 Å². The van der Waals surface area contributed by atoms with Crippen molar-refractivity contribution in [1.29, 1.82) is 0 Å². The molecule has 2 atom stereocenters. The van der Waals surface area contributed by atoms with Gasteiger partial charge in [-0.1, -0.05) is 26.2 Å². The summed E-state index contributed by atoms with van der Waals surface area (Å²) in [6.07, 6.45) is 3.23. The summed E-state index contributed by atoms with van der Waals surface area (Å²) in [6, 6.07) is 0. The molecule has 0 bridgehead atoms. The van der Waals surface area contributed by atoms with Gasteiger partial charge in [-0.25, -0.2) is 0 Å². The molecule has 0 spiro atoms. The Hall–Kier alpha value is -0.480. The van der Waals surface area contributed by atoms with Crippen LogP contribution >= 0.6 is 0 Å². The van der Waals surface area contributed by atoms with Crippen LogP contribution in [0.4, 0.5) is 0 Å². The number of aliphatic hydroxyl groups excluding tert-OH is 1. The molecule has 0 aliphatic heterocycles. The van der Waals surface area contributed by atoms with Crippen LogP contribution in [0.2, 0.25) is 0 Å². The van der Waals surface area contributed by atoms with E-state index in [2.05, 4.69) is 25.7 Å². The highest BCUT2D eigenvalue weighted by atomic mass is 16.3. The van der Waals surface area contributed by atoms with Crippen molar-refractivity contribution in [2.24, 2.45) is 5.92 Å². The van der Waals surface area contributed by atoms with Crippen LogP contribution in [0.15, 0.2) is 0 Å². The maximum atomic E-state index is 9.55. The third-order valence-corrected chi connectivity index (χ3v) is 1.89. The zero-order valence-corrected chi connectivity index (χ0v) is 8.14. The molecule has 1 heteroatoms. The Bertz CT molecular complexity index is 152. The molecular weight excluding hydrogens is 148 g/mol. The highest BCUT2D eigenvalue weighted by Crippen LogP contribution is 2.12. The van der Waals surface area contributed by atoms with E-state index < -0.39 is 0 Å². The van der Waals surface area contributed by atoms with Crippen molar-refractivity contribution < 1.29 is 5.11 Å². The molecule has 0 aromatic rings. The third-order valence-electron chi connectivity index (χ3n) is 1.89. The first kappa shape index (κ1) is 11.5. The molecule has 0 saturated carbocycles. The Labute approximate surface area is 76.2 Å². The van der Waals surface area contributed by atoms with E-state index in [1.165, 1.54) is 0 Å². The van der Waals surface area contributed by atoms with Crippen molar-refractivity contribution in [3.63, 3.8) is 0 Å². The number of hydrogen-bond donors (Lipinski definition) is 1. The summed E-state index contributed by atoms with van der Waals surface area (Å²) in [5.41, 5.74) is 0. The lowest BCUT2D eigenvalue weighted by Crippen LogP contribution is -2.17.